The van der Waals surface area contributed by atoms with E-state index >= 15 is 0 Å². The maximum absolute atomic E-state index is 13.5. The van der Waals surface area contributed by atoms with E-state index in [1.54, 1.807) is 39.2 Å². The molecule has 0 radical (unpaired) electrons. The van der Waals surface area contributed by atoms with Crippen molar-refractivity contribution in [1.82, 2.24) is 4.90 Å². The number of benzene rings is 1. The molecule has 4 atom stereocenters. The van der Waals surface area contributed by atoms with Gasteiger partial charge in [-0.3, -0.25) is 19.3 Å². The highest BCUT2D eigenvalue weighted by molar-refractivity contribution is 14.1. The minimum Gasteiger partial charge on any atom is -0.510 e. The molecule has 1 amide bonds. The van der Waals surface area contributed by atoms with Gasteiger partial charge in [-0.1, -0.05) is 22.6 Å². The molecule has 0 heterocycles. The number of halogens is 1. The van der Waals surface area contributed by atoms with Crippen molar-refractivity contribution in [3.05, 3.63) is 45.9 Å². The van der Waals surface area contributed by atoms with Gasteiger partial charge in [-0.05, 0) is 55.5 Å². The first-order valence-corrected chi connectivity index (χ1v) is 13.0. The quantitative estimate of drug-likeness (QED) is 0.195. The van der Waals surface area contributed by atoms with E-state index in [-0.39, 0.29) is 29.7 Å². The molecule has 0 spiro atoms. The Morgan fingerprint density at radius 2 is 1.71 bits per heavy atom. The second-order valence-electron chi connectivity index (χ2n) is 9.31. The molecular formula is C24H30IN3O7. The van der Waals surface area contributed by atoms with Crippen LogP contribution < -0.4 is 10.6 Å². The van der Waals surface area contributed by atoms with Crippen molar-refractivity contribution in [3.63, 3.8) is 0 Å². The highest BCUT2D eigenvalue weighted by Gasteiger charge is 2.63. The second kappa shape index (κ2) is 9.43. The number of ketones is 2. The summed E-state index contributed by atoms with van der Waals surface area (Å²) in [4.78, 5) is 44.0. The minimum atomic E-state index is -2.63. The molecular weight excluding hydrogens is 569 g/mol. The number of fused-ring (bicyclic) bond motifs is 3. The lowest BCUT2D eigenvalue weighted by Crippen LogP contribution is -2.63. The van der Waals surface area contributed by atoms with Gasteiger partial charge in [-0.25, -0.2) is 0 Å². The summed E-state index contributed by atoms with van der Waals surface area (Å²) in [6, 6.07) is 2.06. The molecule has 0 aromatic heterocycles. The first kappa shape index (κ1) is 27.0. The Balaban J connectivity index is 0.00000167. The fraction of sp³-hybridized carbons (Fsp3) is 0.458. The molecule has 35 heavy (non-hydrogen) atoms. The number of primary amides is 1. The normalized spacial score (nSPS) is 27.6. The molecule has 0 saturated heterocycles. The zero-order valence-corrected chi connectivity index (χ0v) is 22.3. The van der Waals surface area contributed by atoms with Crippen LogP contribution in [0.5, 0.6) is 5.75 Å². The third-order valence-corrected chi connectivity index (χ3v) is 7.06. The van der Waals surface area contributed by atoms with Crippen LogP contribution in [0, 0.1) is 11.8 Å². The van der Waals surface area contributed by atoms with Crippen LogP contribution in [0.2, 0.25) is 0 Å². The predicted octanol–water partition coefficient (Wildman–Crippen LogP) is 1.24. The summed E-state index contributed by atoms with van der Waals surface area (Å²) in [6.07, 6.45) is 0.324. The van der Waals surface area contributed by atoms with Crippen molar-refractivity contribution in [2.45, 2.75) is 24.5 Å². The summed E-state index contributed by atoms with van der Waals surface area (Å²) >= 11 is 2.15. The fourth-order valence-corrected chi connectivity index (χ4v) is 5.65. The van der Waals surface area contributed by atoms with Crippen molar-refractivity contribution in [2.75, 3.05) is 38.0 Å². The second-order valence-corrected chi connectivity index (χ2v) is 9.31. The van der Waals surface area contributed by atoms with E-state index in [0.29, 0.717) is 5.56 Å². The van der Waals surface area contributed by atoms with E-state index < -0.39 is 58.0 Å². The number of aromatic hydroxyl groups is 1. The molecule has 6 N–H and O–H groups in total. The van der Waals surface area contributed by atoms with Crippen molar-refractivity contribution < 1.29 is 34.8 Å². The van der Waals surface area contributed by atoms with Crippen molar-refractivity contribution >= 4 is 45.8 Å². The Labute approximate surface area is 216 Å². The number of carbonyl (C=O) groups is 3. The van der Waals surface area contributed by atoms with Crippen LogP contribution >= 0.6 is 22.6 Å². The lowest BCUT2D eigenvalue weighted by Gasteiger charge is -2.50. The number of hydrogen-bond donors (Lipinski definition) is 5. The Morgan fingerprint density at radius 1 is 1.11 bits per heavy atom. The number of amides is 1. The standard InChI is InChI=1S/C23H27N3O7.CH3I/c1-25(2)12-5-6-13(27)15-10(12)7-9-8-11-17(26(3)4)19(29)16(22(24)32)21(31)23(11,33)20(30)14(9)18(15)28;1-2/h5-6,9,11,17,27,29-30,33H,7-8H2,1-4H3,(H2,24,32);1H3/t9-,11+,17-,23-;/m0./s1. The fourth-order valence-electron chi connectivity index (χ4n) is 5.65. The summed E-state index contributed by atoms with van der Waals surface area (Å²) < 4.78 is 0. The highest BCUT2D eigenvalue weighted by Crippen LogP contribution is 2.52. The molecule has 0 fully saturated rings. The van der Waals surface area contributed by atoms with Crippen LogP contribution in [0.25, 0.3) is 0 Å². The zero-order valence-electron chi connectivity index (χ0n) is 20.2. The maximum Gasteiger partial charge on any atom is 0.255 e. The topological polar surface area (TPSA) is 165 Å². The van der Waals surface area contributed by atoms with E-state index in [1.807, 2.05) is 4.93 Å². The van der Waals surface area contributed by atoms with Gasteiger partial charge in [-0.2, -0.15) is 0 Å². The van der Waals surface area contributed by atoms with Gasteiger partial charge < -0.3 is 31.1 Å². The van der Waals surface area contributed by atoms with Gasteiger partial charge in [0, 0.05) is 31.3 Å². The summed E-state index contributed by atoms with van der Waals surface area (Å²) in [6.45, 7) is 0. The van der Waals surface area contributed by atoms with Crippen molar-refractivity contribution in [3.8, 4) is 5.75 Å². The molecule has 3 aliphatic carbocycles. The van der Waals surface area contributed by atoms with Crippen LogP contribution in [0.3, 0.4) is 0 Å². The smallest absolute Gasteiger partial charge is 0.255 e. The number of phenolic OH excluding ortho intramolecular Hbond substituents is 1. The molecule has 0 saturated carbocycles. The van der Waals surface area contributed by atoms with Crippen LogP contribution in [0.15, 0.2) is 34.8 Å². The average molecular weight is 599 g/mol. The Bertz CT molecular complexity index is 1170. The Morgan fingerprint density at radius 3 is 2.23 bits per heavy atom. The monoisotopic (exact) mass is 599 g/mol. The first-order valence-electron chi connectivity index (χ1n) is 10.9. The van der Waals surface area contributed by atoms with Gasteiger partial charge in [0.25, 0.3) is 5.91 Å². The van der Waals surface area contributed by atoms with Crippen LogP contribution in [-0.4, -0.2) is 87.6 Å². The third-order valence-electron chi connectivity index (χ3n) is 7.06. The van der Waals surface area contributed by atoms with Crippen LogP contribution in [-0.2, 0) is 16.0 Å². The summed E-state index contributed by atoms with van der Waals surface area (Å²) in [5.74, 6) is -6.53. The summed E-state index contributed by atoms with van der Waals surface area (Å²) in [7, 11) is 6.79. The number of anilines is 1. The van der Waals surface area contributed by atoms with E-state index in [2.05, 4.69) is 22.6 Å². The third kappa shape index (κ3) is 3.80. The van der Waals surface area contributed by atoms with E-state index in [9.17, 15) is 34.8 Å². The number of nitrogens with zero attached hydrogens (tertiary/aromatic N) is 2. The predicted molar refractivity (Wildman–Crippen MR) is 138 cm³/mol. The molecule has 1 aromatic carbocycles. The zero-order chi connectivity index (χ0) is 26.6. The molecule has 190 valence electrons. The summed E-state index contributed by atoms with van der Waals surface area (Å²) in [5, 5.41) is 43.9. The number of phenols is 1. The van der Waals surface area contributed by atoms with Crippen molar-refractivity contribution in [2.24, 2.45) is 17.6 Å². The lowest BCUT2D eigenvalue weighted by molar-refractivity contribution is -0.148. The molecule has 4 rings (SSSR count). The van der Waals surface area contributed by atoms with Gasteiger partial charge >= 0.3 is 0 Å². The minimum absolute atomic E-state index is 0.00184. The SMILES string of the molecule is CI.CN(C)c1ccc(O)c2c1C[C@H]1C[C@@H]3[C@H](N(C)C)C(O)=C(C(N)=O)C(=O)[C@@]3(O)C(O)=C1C2=O. The maximum atomic E-state index is 13.5. The number of carbonyl (C=O) groups excluding carboxylic acids is 3. The molecule has 10 nitrogen and oxygen atoms in total. The van der Waals surface area contributed by atoms with Crippen molar-refractivity contribution in [1.29, 1.82) is 0 Å². The summed E-state index contributed by atoms with van der Waals surface area (Å²) in [5.41, 5.74) is 3.02. The largest absolute Gasteiger partial charge is 0.510 e. The number of Topliss-reactive ketones (excluding diaryl/α,β-unsaturated/α-hetero) is 2. The van der Waals surface area contributed by atoms with Crippen LogP contribution in [0.1, 0.15) is 22.3 Å². The number of likely N-dealkylation sites (N-methyl/N-ethyl adjacent to an activating group) is 1. The number of alkyl halides is 1. The molecule has 1 aromatic rings. The van der Waals surface area contributed by atoms with Gasteiger partial charge in [0.2, 0.25) is 5.78 Å². The molecule has 0 unspecified atom stereocenters. The molecule has 0 aliphatic heterocycles. The number of nitrogens with two attached hydrogens (primary N) is 1. The molecule has 3 aliphatic rings. The van der Waals surface area contributed by atoms with Gasteiger partial charge in [0.1, 0.15) is 22.8 Å². The average Bonchev–Trinajstić information content (AvgIpc) is 2.77. The molecule has 0 bridgehead atoms. The highest BCUT2D eigenvalue weighted by atomic mass is 127. The van der Waals surface area contributed by atoms with E-state index in [0.717, 1.165) is 5.69 Å². The van der Waals surface area contributed by atoms with E-state index in [1.165, 1.54) is 11.0 Å². The Hall–Kier alpha value is -2.64. The number of rotatable bonds is 3. The Kier molecular flexibility index (Phi) is 7.26. The lowest BCUT2D eigenvalue weighted by atomic mass is 9.58. The molecule has 11 heteroatoms. The van der Waals surface area contributed by atoms with Crippen LogP contribution in [0.4, 0.5) is 5.69 Å². The number of allylic oxidation sites excluding steroid dienone is 1. The number of hydrogen-bond acceptors (Lipinski definition) is 9. The van der Waals surface area contributed by atoms with E-state index in [4.69, 9.17) is 5.73 Å². The first-order chi connectivity index (χ1) is 16.3. The van der Waals surface area contributed by atoms with Gasteiger partial charge in [-0.15, -0.1) is 0 Å². The van der Waals surface area contributed by atoms with Gasteiger partial charge in [0.15, 0.2) is 11.4 Å². The number of aliphatic hydroxyl groups is 3. The van der Waals surface area contributed by atoms with Gasteiger partial charge in [0.05, 0.1) is 11.6 Å². The number of aliphatic hydroxyl groups excluding tert-OH is 2.